The molecule has 0 bridgehead atoms. The Bertz CT molecular complexity index is 800. The second-order valence-electron chi connectivity index (χ2n) is 5.71. The first-order chi connectivity index (χ1) is 12.3. The van der Waals surface area contributed by atoms with E-state index in [1.165, 1.54) is 17.5 Å². The van der Waals surface area contributed by atoms with E-state index in [1.807, 2.05) is 30.3 Å². The molecule has 0 fully saturated rings. The van der Waals surface area contributed by atoms with Gasteiger partial charge >= 0.3 is 0 Å². The molecule has 3 rings (SSSR count). The number of halogens is 1. The number of guanidine groups is 1. The fourth-order valence-electron chi connectivity index (χ4n) is 2.52. The average molecular weight is 462 g/mol. The van der Waals surface area contributed by atoms with Gasteiger partial charge in [-0.2, -0.15) is 5.10 Å². The molecule has 26 heavy (non-hydrogen) atoms. The van der Waals surface area contributed by atoms with E-state index in [2.05, 4.69) is 56.9 Å². The molecule has 0 saturated carbocycles. The first kappa shape index (κ1) is 19.9. The molecule has 3 aromatic rings. The van der Waals surface area contributed by atoms with Gasteiger partial charge in [-0.1, -0.05) is 42.5 Å². The Hall–Kier alpha value is -2.42. The van der Waals surface area contributed by atoms with Crippen molar-refractivity contribution < 1.29 is 0 Å². The molecule has 0 aliphatic rings. The van der Waals surface area contributed by atoms with Gasteiger partial charge in [0.2, 0.25) is 0 Å². The van der Waals surface area contributed by atoms with Gasteiger partial charge in [-0.25, -0.2) is 9.67 Å². The first-order valence-electron chi connectivity index (χ1n) is 8.22. The first-order valence-corrected chi connectivity index (χ1v) is 8.22. The van der Waals surface area contributed by atoms with Crippen LogP contribution in [0.4, 0.5) is 0 Å². The Kier molecular flexibility index (Phi) is 7.58. The Morgan fingerprint density at radius 2 is 1.85 bits per heavy atom. The van der Waals surface area contributed by atoms with Crippen molar-refractivity contribution in [2.45, 2.75) is 19.5 Å². The highest BCUT2D eigenvalue weighted by Crippen LogP contribution is 2.11. The molecular formula is C19H23IN6. The lowest BCUT2D eigenvalue weighted by molar-refractivity contribution is 0.685. The lowest BCUT2D eigenvalue weighted by Crippen LogP contribution is -2.38. The van der Waals surface area contributed by atoms with E-state index in [0.29, 0.717) is 6.54 Å². The van der Waals surface area contributed by atoms with Crippen LogP contribution in [0.1, 0.15) is 24.1 Å². The van der Waals surface area contributed by atoms with Crippen LogP contribution in [0.5, 0.6) is 0 Å². The highest BCUT2D eigenvalue weighted by atomic mass is 127. The molecule has 1 aromatic heterocycles. The summed E-state index contributed by atoms with van der Waals surface area (Å²) in [6, 6.07) is 18.7. The number of rotatable bonds is 5. The van der Waals surface area contributed by atoms with Crippen molar-refractivity contribution in [2.24, 2.45) is 4.99 Å². The molecule has 1 unspecified atom stereocenters. The van der Waals surface area contributed by atoms with Crippen molar-refractivity contribution in [3.8, 4) is 5.69 Å². The van der Waals surface area contributed by atoms with E-state index < -0.39 is 0 Å². The maximum absolute atomic E-state index is 4.30. The molecule has 0 amide bonds. The van der Waals surface area contributed by atoms with E-state index in [9.17, 15) is 0 Å². The van der Waals surface area contributed by atoms with E-state index in [1.54, 1.807) is 18.1 Å². The van der Waals surface area contributed by atoms with Crippen molar-refractivity contribution in [2.75, 3.05) is 7.05 Å². The Morgan fingerprint density at radius 1 is 1.12 bits per heavy atom. The molecule has 136 valence electrons. The molecule has 0 radical (unpaired) electrons. The van der Waals surface area contributed by atoms with Crippen molar-refractivity contribution in [3.63, 3.8) is 0 Å². The minimum Gasteiger partial charge on any atom is -0.352 e. The molecule has 2 N–H and O–H groups in total. The Balaban J connectivity index is 0.00000243. The molecule has 1 atom stereocenters. The van der Waals surface area contributed by atoms with Crippen LogP contribution < -0.4 is 10.6 Å². The summed E-state index contributed by atoms with van der Waals surface area (Å²) < 4.78 is 1.74. The van der Waals surface area contributed by atoms with Gasteiger partial charge in [0.05, 0.1) is 11.7 Å². The second-order valence-corrected chi connectivity index (χ2v) is 5.71. The smallest absolute Gasteiger partial charge is 0.191 e. The Labute approximate surface area is 170 Å². The summed E-state index contributed by atoms with van der Waals surface area (Å²) in [4.78, 5) is 8.26. The predicted octanol–water partition coefficient (Wildman–Crippen LogP) is 3.31. The average Bonchev–Trinajstić information content (AvgIpc) is 3.21. The van der Waals surface area contributed by atoms with Gasteiger partial charge in [0, 0.05) is 13.6 Å². The number of benzene rings is 2. The third-order valence-corrected chi connectivity index (χ3v) is 3.96. The fraction of sp³-hybridized carbons (Fsp3) is 0.211. The number of aromatic nitrogens is 3. The largest absolute Gasteiger partial charge is 0.352 e. The highest BCUT2D eigenvalue weighted by molar-refractivity contribution is 14.0. The van der Waals surface area contributed by atoms with Crippen molar-refractivity contribution in [3.05, 3.63) is 78.4 Å². The molecule has 2 aromatic carbocycles. The lowest BCUT2D eigenvalue weighted by Gasteiger charge is -2.18. The second kappa shape index (κ2) is 9.91. The maximum atomic E-state index is 4.30. The zero-order valence-corrected chi connectivity index (χ0v) is 17.2. The number of hydrogen-bond acceptors (Lipinski definition) is 3. The van der Waals surface area contributed by atoms with E-state index >= 15 is 0 Å². The third kappa shape index (κ3) is 5.29. The SMILES string of the molecule is CN=C(NCc1ccc(-n2cncn2)cc1)NC(C)c1ccccc1.I. The lowest BCUT2D eigenvalue weighted by atomic mass is 10.1. The third-order valence-electron chi connectivity index (χ3n) is 3.96. The standard InChI is InChI=1S/C19H22N6.HI/c1-15(17-6-4-3-5-7-17)24-19(20-2)22-12-16-8-10-18(11-9-16)25-14-21-13-23-25;/h3-11,13-15H,12H2,1-2H3,(H2,20,22,24);1H. The van der Waals surface area contributed by atoms with Crippen molar-refractivity contribution in [1.29, 1.82) is 0 Å². The van der Waals surface area contributed by atoms with Crippen LogP contribution >= 0.6 is 24.0 Å². The van der Waals surface area contributed by atoms with Crippen LogP contribution in [0.15, 0.2) is 72.2 Å². The van der Waals surface area contributed by atoms with E-state index in [0.717, 1.165) is 11.6 Å². The number of hydrogen-bond donors (Lipinski definition) is 2. The fourth-order valence-corrected chi connectivity index (χ4v) is 2.52. The zero-order chi connectivity index (χ0) is 17.5. The van der Waals surface area contributed by atoms with Gasteiger partial charge < -0.3 is 10.6 Å². The molecule has 0 spiro atoms. The number of nitrogens with one attached hydrogen (secondary N) is 2. The van der Waals surface area contributed by atoms with Crippen LogP contribution in [0.2, 0.25) is 0 Å². The summed E-state index contributed by atoms with van der Waals surface area (Å²) in [6.07, 6.45) is 3.21. The van der Waals surface area contributed by atoms with Crippen LogP contribution in [-0.4, -0.2) is 27.8 Å². The van der Waals surface area contributed by atoms with E-state index in [4.69, 9.17) is 0 Å². The summed E-state index contributed by atoms with van der Waals surface area (Å²) in [5, 5.41) is 10.9. The number of aliphatic imine (C=N–C) groups is 1. The van der Waals surface area contributed by atoms with Gasteiger partial charge in [0.15, 0.2) is 5.96 Å². The molecule has 0 aliphatic carbocycles. The van der Waals surface area contributed by atoms with Crippen LogP contribution in [0.3, 0.4) is 0 Å². The summed E-state index contributed by atoms with van der Waals surface area (Å²) in [5.41, 5.74) is 3.38. The van der Waals surface area contributed by atoms with Crippen molar-refractivity contribution >= 4 is 29.9 Å². The van der Waals surface area contributed by atoms with Gasteiger partial charge in [0.1, 0.15) is 12.7 Å². The highest BCUT2D eigenvalue weighted by Gasteiger charge is 2.07. The molecule has 0 aliphatic heterocycles. The van der Waals surface area contributed by atoms with E-state index in [-0.39, 0.29) is 30.0 Å². The van der Waals surface area contributed by atoms with Crippen LogP contribution in [0.25, 0.3) is 5.69 Å². The van der Waals surface area contributed by atoms with Gasteiger partial charge in [-0.15, -0.1) is 24.0 Å². The molecule has 1 heterocycles. The minimum absolute atomic E-state index is 0. The molecular weight excluding hydrogens is 439 g/mol. The summed E-state index contributed by atoms with van der Waals surface area (Å²) in [7, 11) is 1.78. The zero-order valence-electron chi connectivity index (χ0n) is 14.8. The predicted molar refractivity (Wildman–Crippen MR) is 115 cm³/mol. The summed E-state index contributed by atoms with van der Waals surface area (Å²) in [6.45, 7) is 2.81. The normalized spacial score (nSPS) is 12.2. The maximum Gasteiger partial charge on any atom is 0.191 e. The van der Waals surface area contributed by atoms with Gasteiger partial charge in [-0.3, -0.25) is 4.99 Å². The molecule has 6 nitrogen and oxygen atoms in total. The van der Waals surface area contributed by atoms with Crippen LogP contribution in [-0.2, 0) is 6.54 Å². The van der Waals surface area contributed by atoms with Crippen LogP contribution in [0, 0.1) is 0 Å². The van der Waals surface area contributed by atoms with Gasteiger partial charge in [0.25, 0.3) is 0 Å². The number of nitrogens with zero attached hydrogens (tertiary/aromatic N) is 4. The Morgan fingerprint density at radius 3 is 2.46 bits per heavy atom. The quantitative estimate of drug-likeness (QED) is 0.347. The van der Waals surface area contributed by atoms with Gasteiger partial charge in [-0.05, 0) is 30.2 Å². The molecule has 7 heteroatoms. The topological polar surface area (TPSA) is 67.1 Å². The monoisotopic (exact) mass is 462 g/mol. The summed E-state index contributed by atoms with van der Waals surface area (Å²) >= 11 is 0. The summed E-state index contributed by atoms with van der Waals surface area (Å²) in [5.74, 6) is 0.775. The minimum atomic E-state index is 0. The van der Waals surface area contributed by atoms with Crippen molar-refractivity contribution in [1.82, 2.24) is 25.4 Å². The molecule has 0 saturated heterocycles.